The second-order valence-corrected chi connectivity index (χ2v) is 5.06. The molecule has 0 saturated heterocycles. The maximum Gasteiger partial charge on any atom is 0.211 e. The fraction of sp³-hybridized carbons (Fsp3) is 0.750. The van der Waals surface area contributed by atoms with Crippen molar-refractivity contribution in [3.8, 4) is 6.07 Å². The fourth-order valence-electron chi connectivity index (χ4n) is 3.39. The zero-order valence-electron chi connectivity index (χ0n) is 9.48. The molecule has 0 spiro atoms. The van der Waals surface area contributed by atoms with Crippen molar-refractivity contribution in [2.75, 3.05) is 6.54 Å². The van der Waals surface area contributed by atoms with Crippen LogP contribution in [-0.4, -0.2) is 11.5 Å². The molecule has 0 aromatic heterocycles. The lowest BCUT2D eigenvalue weighted by molar-refractivity contribution is -0.505. The first-order valence-electron chi connectivity index (χ1n) is 5.79. The van der Waals surface area contributed by atoms with E-state index in [9.17, 15) is 10.1 Å². The van der Waals surface area contributed by atoms with Crippen LogP contribution in [0.4, 0.5) is 0 Å². The van der Waals surface area contributed by atoms with Gasteiger partial charge >= 0.3 is 0 Å². The highest BCUT2D eigenvalue weighted by Crippen LogP contribution is 2.59. The molecule has 0 aromatic rings. The molecule has 0 amide bonds. The van der Waals surface area contributed by atoms with Crippen LogP contribution in [0.1, 0.15) is 32.6 Å². The monoisotopic (exact) mass is 220 g/mol. The number of hydrogen-bond acceptors (Lipinski definition) is 3. The molecule has 0 bridgehead atoms. The molecule has 1 saturated carbocycles. The summed E-state index contributed by atoms with van der Waals surface area (Å²) in [7, 11) is 0. The molecular formula is C12H16N2O2. The van der Waals surface area contributed by atoms with Crippen LogP contribution >= 0.6 is 0 Å². The summed E-state index contributed by atoms with van der Waals surface area (Å²) in [5.41, 5.74) is 1.05. The lowest BCUT2D eigenvalue weighted by Gasteiger charge is -2.48. The van der Waals surface area contributed by atoms with Crippen molar-refractivity contribution in [1.29, 1.82) is 5.26 Å². The number of nitriles is 1. The van der Waals surface area contributed by atoms with Gasteiger partial charge in [-0.3, -0.25) is 10.1 Å². The van der Waals surface area contributed by atoms with Gasteiger partial charge in [-0.05, 0) is 31.1 Å². The third-order valence-electron chi connectivity index (χ3n) is 4.15. The first-order chi connectivity index (χ1) is 7.61. The zero-order chi connectivity index (χ0) is 11.8. The smallest absolute Gasteiger partial charge is 0.211 e. The third-order valence-corrected chi connectivity index (χ3v) is 4.15. The molecule has 16 heavy (non-hydrogen) atoms. The first-order valence-corrected chi connectivity index (χ1v) is 5.79. The van der Waals surface area contributed by atoms with E-state index in [1.807, 2.05) is 0 Å². The molecule has 2 aliphatic carbocycles. The highest BCUT2D eigenvalue weighted by atomic mass is 16.6. The van der Waals surface area contributed by atoms with Gasteiger partial charge in [-0.15, -0.1) is 0 Å². The second kappa shape index (κ2) is 3.89. The number of allylic oxidation sites excluding steroid dienone is 2. The van der Waals surface area contributed by atoms with Gasteiger partial charge in [-0.1, -0.05) is 18.6 Å². The Hall–Kier alpha value is -1.37. The Bertz CT molecular complexity index is 383. The van der Waals surface area contributed by atoms with Gasteiger partial charge in [0.2, 0.25) is 6.54 Å². The first kappa shape index (κ1) is 11.1. The normalized spacial score (nSPS) is 35.9. The standard InChI is InChI=1S/C12H16N2O2/c1-2-9-5-10-7-12(3-4-13,8-14(15)16)11(10)6-9/h6,10-11H,2-3,5,7-8H2,1H3/t10?,11-,12+/m1/s1. The van der Waals surface area contributed by atoms with Crippen LogP contribution in [0.2, 0.25) is 0 Å². The van der Waals surface area contributed by atoms with Crippen molar-refractivity contribution in [3.63, 3.8) is 0 Å². The van der Waals surface area contributed by atoms with Crippen LogP contribution in [0, 0.1) is 38.7 Å². The number of fused-ring (bicyclic) bond motifs is 1. The molecule has 2 aliphatic rings. The van der Waals surface area contributed by atoms with Gasteiger partial charge in [0.1, 0.15) is 0 Å². The summed E-state index contributed by atoms with van der Waals surface area (Å²) in [5.74, 6) is 0.857. The van der Waals surface area contributed by atoms with Crippen molar-refractivity contribution in [3.05, 3.63) is 21.8 Å². The van der Waals surface area contributed by atoms with Crippen molar-refractivity contribution in [2.24, 2.45) is 17.3 Å². The molecular weight excluding hydrogens is 204 g/mol. The van der Waals surface area contributed by atoms with Crippen molar-refractivity contribution >= 4 is 0 Å². The third kappa shape index (κ3) is 1.60. The number of rotatable bonds is 4. The van der Waals surface area contributed by atoms with Crippen molar-refractivity contribution in [1.82, 2.24) is 0 Å². The Labute approximate surface area is 95.1 Å². The van der Waals surface area contributed by atoms with Gasteiger partial charge in [-0.25, -0.2) is 0 Å². The quantitative estimate of drug-likeness (QED) is 0.415. The van der Waals surface area contributed by atoms with Gasteiger partial charge in [0, 0.05) is 11.3 Å². The number of hydrogen-bond donors (Lipinski definition) is 0. The number of nitrogens with zero attached hydrogens (tertiary/aromatic N) is 2. The topological polar surface area (TPSA) is 66.9 Å². The van der Waals surface area contributed by atoms with E-state index in [1.54, 1.807) is 0 Å². The van der Waals surface area contributed by atoms with Gasteiger partial charge in [0.25, 0.3) is 0 Å². The van der Waals surface area contributed by atoms with Gasteiger partial charge in [0.05, 0.1) is 11.5 Å². The van der Waals surface area contributed by atoms with Crippen molar-refractivity contribution < 1.29 is 4.92 Å². The largest absolute Gasteiger partial charge is 0.265 e. The van der Waals surface area contributed by atoms with E-state index >= 15 is 0 Å². The lowest BCUT2D eigenvalue weighted by atomic mass is 9.53. The Morgan fingerprint density at radius 1 is 1.75 bits per heavy atom. The Morgan fingerprint density at radius 2 is 2.50 bits per heavy atom. The summed E-state index contributed by atoms with van der Waals surface area (Å²) in [6.45, 7) is 2.07. The molecule has 1 fully saturated rings. The summed E-state index contributed by atoms with van der Waals surface area (Å²) in [5, 5.41) is 19.5. The highest BCUT2D eigenvalue weighted by Gasteiger charge is 2.57. The van der Waals surface area contributed by atoms with E-state index in [0.717, 1.165) is 19.3 Å². The van der Waals surface area contributed by atoms with E-state index in [2.05, 4.69) is 19.1 Å². The summed E-state index contributed by atoms with van der Waals surface area (Å²) in [6, 6.07) is 2.13. The predicted molar refractivity (Wildman–Crippen MR) is 59.1 cm³/mol. The van der Waals surface area contributed by atoms with Gasteiger partial charge in [0.15, 0.2) is 0 Å². The van der Waals surface area contributed by atoms with E-state index in [0.29, 0.717) is 12.3 Å². The summed E-state index contributed by atoms with van der Waals surface area (Å²) >= 11 is 0. The summed E-state index contributed by atoms with van der Waals surface area (Å²) in [4.78, 5) is 10.4. The molecule has 1 unspecified atom stereocenters. The average molecular weight is 220 g/mol. The Balaban J connectivity index is 2.15. The maximum absolute atomic E-state index is 10.7. The molecule has 0 aliphatic heterocycles. The molecule has 86 valence electrons. The molecule has 4 heteroatoms. The van der Waals surface area contributed by atoms with E-state index in [-0.39, 0.29) is 22.8 Å². The molecule has 0 aromatic carbocycles. The summed E-state index contributed by atoms with van der Waals surface area (Å²) < 4.78 is 0. The average Bonchev–Trinajstić information content (AvgIpc) is 2.55. The minimum atomic E-state index is -0.361. The van der Waals surface area contributed by atoms with Crippen LogP contribution < -0.4 is 0 Å². The fourth-order valence-corrected chi connectivity index (χ4v) is 3.39. The summed E-state index contributed by atoms with van der Waals surface area (Å²) in [6.07, 6.45) is 5.50. The Morgan fingerprint density at radius 3 is 3.06 bits per heavy atom. The van der Waals surface area contributed by atoms with Gasteiger partial charge in [-0.2, -0.15) is 5.26 Å². The SMILES string of the molecule is CCC1=C[C@@H]2C(C1)C[C@@]2(CC#N)C[N+](=O)[O-]. The molecule has 0 radical (unpaired) electrons. The molecule has 4 nitrogen and oxygen atoms in total. The van der Waals surface area contributed by atoms with Gasteiger partial charge < -0.3 is 0 Å². The molecule has 0 N–H and O–H groups in total. The second-order valence-electron chi connectivity index (χ2n) is 5.06. The number of nitro groups is 1. The van der Waals surface area contributed by atoms with Crippen LogP contribution in [0.25, 0.3) is 0 Å². The Kier molecular flexibility index (Phi) is 2.71. The molecule has 0 heterocycles. The van der Waals surface area contributed by atoms with E-state index in [1.165, 1.54) is 5.57 Å². The van der Waals surface area contributed by atoms with E-state index < -0.39 is 0 Å². The minimum absolute atomic E-state index is 0.0464. The van der Waals surface area contributed by atoms with E-state index in [4.69, 9.17) is 5.26 Å². The van der Waals surface area contributed by atoms with Crippen LogP contribution in [0.5, 0.6) is 0 Å². The van der Waals surface area contributed by atoms with Crippen LogP contribution in [-0.2, 0) is 0 Å². The van der Waals surface area contributed by atoms with Crippen LogP contribution in [0.3, 0.4) is 0 Å². The highest BCUT2D eigenvalue weighted by molar-refractivity contribution is 5.24. The van der Waals surface area contributed by atoms with Crippen LogP contribution in [0.15, 0.2) is 11.6 Å². The predicted octanol–water partition coefficient (Wildman–Crippen LogP) is 2.54. The zero-order valence-corrected chi connectivity index (χ0v) is 9.48. The van der Waals surface area contributed by atoms with Crippen molar-refractivity contribution in [2.45, 2.75) is 32.6 Å². The minimum Gasteiger partial charge on any atom is -0.265 e. The maximum atomic E-state index is 10.7. The molecule has 3 atom stereocenters. The lowest BCUT2D eigenvalue weighted by Crippen LogP contribution is -2.49. The molecule has 2 rings (SSSR count).